The Balaban J connectivity index is 1.84. The lowest BCUT2D eigenvalue weighted by molar-refractivity contribution is 0.334. The summed E-state index contributed by atoms with van der Waals surface area (Å²) in [6.07, 6.45) is 2.68. The van der Waals surface area contributed by atoms with Gasteiger partial charge in [-0.25, -0.2) is 12.8 Å². The standard InChI is InChI=1S/C14H18ClFN2O2S/c15-13-7-10(1-4-14(13)16)9-21(19,20)18-11-2-3-12(18)8-17-6-5-11/h1,4,7,11-12,17H,2-3,5-6,8-9H2. The Labute approximate surface area is 129 Å². The molecule has 3 rings (SSSR count). The normalized spacial score (nSPS) is 26.8. The van der Waals surface area contributed by atoms with E-state index in [2.05, 4.69) is 5.32 Å². The maximum atomic E-state index is 13.2. The average molecular weight is 333 g/mol. The van der Waals surface area contributed by atoms with Gasteiger partial charge in [0.05, 0.1) is 10.8 Å². The minimum atomic E-state index is -3.41. The minimum Gasteiger partial charge on any atom is -0.315 e. The first kappa shape index (κ1) is 15.2. The first-order chi connectivity index (χ1) is 9.97. The lowest BCUT2D eigenvalue weighted by atomic mass is 10.1. The third-order valence-corrected chi connectivity index (χ3v) is 6.47. The van der Waals surface area contributed by atoms with Gasteiger partial charge in [0.15, 0.2) is 0 Å². The number of fused-ring (bicyclic) bond motifs is 2. The molecule has 0 aliphatic carbocycles. The molecule has 2 saturated heterocycles. The summed E-state index contributed by atoms with van der Waals surface area (Å²) in [6, 6.07) is 4.22. The number of hydrogen-bond donors (Lipinski definition) is 1. The SMILES string of the molecule is O=S(=O)(Cc1ccc(F)c(Cl)c1)N1C2CCNCC1CC2. The molecule has 0 aromatic heterocycles. The molecule has 2 bridgehead atoms. The van der Waals surface area contributed by atoms with E-state index in [1.807, 2.05) is 0 Å². The highest BCUT2D eigenvalue weighted by Crippen LogP contribution is 2.32. The second kappa shape index (κ2) is 5.83. The summed E-state index contributed by atoms with van der Waals surface area (Å²) in [5.74, 6) is -0.656. The molecule has 4 nitrogen and oxygen atoms in total. The Bertz CT molecular complexity index is 624. The van der Waals surface area contributed by atoms with Crippen molar-refractivity contribution in [3.63, 3.8) is 0 Å². The Morgan fingerprint density at radius 2 is 2.05 bits per heavy atom. The molecule has 0 amide bonds. The summed E-state index contributed by atoms with van der Waals surface area (Å²) in [7, 11) is -3.41. The first-order valence-corrected chi connectivity index (χ1v) is 9.12. The van der Waals surface area contributed by atoms with Crippen LogP contribution in [0.4, 0.5) is 4.39 Å². The van der Waals surface area contributed by atoms with Crippen LogP contribution in [0, 0.1) is 5.82 Å². The van der Waals surface area contributed by atoms with Gasteiger partial charge in [0.25, 0.3) is 0 Å². The Morgan fingerprint density at radius 3 is 2.81 bits per heavy atom. The molecular weight excluding hydrogens is 315 g/mol. The van der Waals surface area contributed by atoms with E-state index >= 15 is 0 Å². The lowest BCUT2D eigenvalue weighted by Crippen LogP contribution is -2.43. The number of rotatable bonds is 3. The molecule has 2 unspecified atom stereocenters. The highest BCUT2D eigenvalue weighted by Gasteiger charge is 2.42. The second-order valence-electron chi connectivity index (χ2n) is 5.71. The van der Waals surface area contributed by atoms with Gasteiger partial charge in [-0.05, 0) is 43.5 Å². The van der Waals surface area contributed by atoms with Crippen molar-refractivity contribution in [3.05, 3.63) is 34.6 Å². The molecule has 0 saturated carbocycles. The highest BCUT2D eigenvalue weighted by molar-refractivity contribution is 7.88. The zero-order chi connectivity index (χ0) is 15.0. The van der Waals surface area contributed by atoms with Crippen molar-refractivity contribution in [2.75, 3.05) is 13.1 Å². The van der Waals surface area contributed by atoms with E-state index in [1.165, 1.54) is 18.2 Å². The van der Waals surface area contributed by atoms with Crippen LogP contribution in [0.1, 0.15) is 24.8 Å². The lowest BCUT2D eigenvalue weighted by Gasteiger charge is -2.27. The van der Waals surface area contributed by atoms with E-state index in [0.29, 0.717) is 12.1 Å². The topological polar surface area (TPSA) is 49.4 Å². The molecule has 2 aliphatic rings. The van der Waals surface area contributed by atoms with Crippen LogP contribution in [0.2, 0.25) is 5.02 Å². The Hall–Kier alpha value is -0.690. The van der Waals surface area contributed by atoms with E-state index in [-0.39, 0.29) is 22.9 Å². The molecular formula is C14H18ClFN2O2S. The van der Waals surface area contributed by atoms with Gasteiger partial charge in [-0.2, -0.15) is 4.31 Å². The van der Waals surface area contributed by atoms with E-state index in [4.69, 9.17) is 11.6 Å². The predicted octanol–water partition coefficient (Wildman–Crippen LogP) is 2.14. The van der Waals surface area contributed by atoms with Crippen LogP contribution >= 0.6 is 11.6 Å². The van der Waals surface area contributed by atoms with Crippen LogP contribution in [-0.2, 0) is 15.8 Å². The zero-order valence-corrected chi connectivity index (χ0v) is 13.1. The van der Waals surface area contributed by atoms with Gasteiger partial charge in [0.1, 0.15) is 5.82 Å². The van der Waals surface area contributed by atoms with Crippen LogP contribution < -0.4 is 5.32 Å². The van der Waals surface area contributed by atoms with Gasteiger partial charge in [-0.1, -0.05) is 17.7 Å². The fraction of sp³-hybridized carbons (Fsp3) is 0.571. The molecule has 2 heterocycles. The highest BCUT2D eigenvalue weighted by atomic mass is 35.5. The third kappa shape index (κ3) is 3.08. The summed E-state index contributed by atoms with van der Waals surface area (Å²) in [4.78, 5) is 0. The Morgan fingerprint density at radius 1 is 1.29 bits per heavy atom. The van der Waals surface area contributed by atoms with E-state index in [1.54, 1.807) is 4.31 Å². The van der Waals surface area contributed by atoms with Crippen molar-refractivity contribution in [2.24, 2.45) is 0 Å². The zero-order valence-electron chi connectivity index (χ0n) is 11.6. The maximum absolute atomic E-state index is 13.2. The monoisotopic (exact) mass is 332 g/mol. The summed E-state index contributed by atoms with van der Waals surface area (Å²) in [6.45, 7) is 1.56. The van der Waals surface area contributed by atoms with Gasteiger partial charge in [0, 0.05) is 18.6 Å². The van der Waals surface area contributed by atoms with Crippen molar-refractivity contribution < 1.29 is 12.8 Å². The number of halogens is 2. The van der Waals surface area contributed by atoms with Gasteiger partial charge < -0.3 is 5.32 Å². The minimum absolute atomic E-state index is 0.0387. The Kier molecular flexibility index (Phi) is 4.23. The van der Waals surface area contributed by atoms with Crippen molar-refractivity contribution in [1.29, 1.82) is 0 Å². The van der Waals surface area contributed by atoms with Crippen molar-refractivity contribution in [3.8, 4) is 0 Å². The average Bonchev–Trinajstić information content (AvgIpc) is 2.68. The van der Waals surface area contributed by atoms with Crippen LogP contribution in [0.25, 0.3) is 0 Å². The van der Waals surface area contributed by atoms with Gasteiger partial charge in [0.2, 0.25) is 10.0 Å². The molecule has 21 heavy (non-hydrogen) atoms. The second-order valence-corrected chi connectivity index (χ2v) is 7.99. The molecule has 116 valence electrons. The third-order valence-electron chi connectivity index (χ3n) is 4.24. The van der Waals surface area contributed by atoms with Crippen molar-refractivity contribution >= 4 is 21.6 Å². The molecule has 7 heteroatoms. The predicted molar refractivity (Wildman–Crippen MR) is 80.2 cm³/mol. The number of hydrogen-bond acceptors (Lipinski definition) is 3. The van der Waals surface area contributed by atoms with E-state index in [9.17, 15) is 12.8 Å². The number of nitrogens with one attached hydrogen (secondary N) is 1. The summed E-state index contributed by atoms with van der Waals surface area (Å²) >= 11 is 5.73. The summed E-state index contributed by atoms with van der Waals surface area (Å²) in [5, 5.41) is 3.25. The van der Waals surface area contributed by atoms with Crippen LogP contribution in [0.15, 0.2) is 18.2 Å². The quantitative estimate of drug-likeness (QED) is 0.922. The summed E-state index contributed by atoms with van der Waals surface area (Å²) in [5.41, 5.74) is 0.526. The fourth-order valence-electron chi connectivity index (χ4n) is 3.31. The van der Waals surface area contributed by atoms with E-state index < -0.39 is 15.8 Å². The smallest absolute Gasteiger partial charge is 0.218 e. The van der Waals surface area contributed by atoms with E-state index in [0.717, 1.165) is 25.8 Å². The molecule has 1 aromatic rings. The van der Waals surface area contributed by atoms with Gasteiger partial charge >= 0.3 is 0 Å². The number of benzene rings is 1. The van der Waals surface area contributed by atoms with Crippen LogP contribution in [0.5, 0.6) is 0 Å². The van der Waals surface area contributed by atoms with Crippen LogP contribution in [0.3, 0.4) is 0 Å². The fourth-order valence-corrected chi connectivity index (χ4v) is 5.56. The van der Waals surface area contributed by atoms with Gasteiger partial charge in [-0.15, -0.1) is 0 Å². The molecule has 0 radical (unpaired) electrons. The molecule has 2 aliphatic heterocycles. The number of sulfonamides is 1. The first-order valence-electron chi connectivity index (χ1n) is 7.13. The molecule has 2 fully saturated rings. The van der Waals surface area contributed by atoms with Crippen LogP contribution in [-0.4, -0.2) is 37.9 Å². The molecule has 1 aromatic carbocycles. The maximum Gasteiger partial charge on any atom is 0.218 e. The molecule has 0 spiro atoms. The van der Waals surface area contributed by atoms with Gasteiger partial charge in [-0.3, -0.25) is 0 Å². The van der Waals surface area contributed by atoms with Crippen molar-refractivity contribution in [1.82, 2.24) is 9.62 Å². The molecule has 1 N–H and O–H groups in total. The van der Waals surface area contributed by atoms with Crippen molar-refractivity contribution in [2.45, 2.75) is 37.1 Å². The largest absolute Gasteiger partial charge is 0.315 e. The summed E-state index contributed by atoms with van der Waals surface area (Å²) < 4.78 is 40.3. The molecule has 2 atom stereocenters. The number of nitrogens with zero attached hydrogens (tertiary/aromatic N) is 1.